The van der Waals surface area contributed by atoms with Gasteiger partial charge in [0, 0.05) is 5.69 Å². The Bertz CT molecular complexity index is 781. The normalized spacial score (nSPS) is 10.6. The van der Waals surface area contributed by atoms with Gasteiger partial charge in [-0.05, 0) is 48.1 Å². The van der Waals surface area contributed by atoms with Gasteiger partial charge < -0.3 is 14.8 Å². The Morgan fingerprint density at radius 3 is 2.37 bits per heavy atom. The SMILES string of the molecule is CCc1cccc(C)c1NC(=O)COC(=O)COc1ccc(C(C)C)cc1. The second-order valence-electron chi connectivity index (χ2n) is 6.68. The van der Waals surface area contributed by atoms with Gasteiger partial charge in [0.1, 0.15) is 5.75 Å². The van der Waals surface area contributed by atoms with Crippen molar-refractivity contribution in [3.63, 3.8) is 0 Å². The van der Waals surface area contributed by atoms with Crippen LogP contribution in [0, 0.1) is 6.92 Å². The lowest BCUT2D eigenvalue weighted by molar-refractivity contribution is -0.149. The molecule has 2 rings (SSSR count). The summed E-state index contributed by atoms with van der Waals surface area (Å²) in [5, 5.41) is 2.82. The largest absolute Gasteiger partial charge is 0.482 e. The van der Waals surface area contributed by atoms with Crippen molar-refractivity contribution in [1.29, 1.82) is 0 Å². The topological polar surface area (TPSA) is 64.6 Å². The predicted molar refractivity (Wildman–Crippen MR) is 106 cm³/mol. The minimum absolute atomic E-state index is 0.237. The first-order valence-corrected chi connectivity index (χ1v) is 9.17. The van der Waals surface area contributed by atoms with Crippen LogP contribution in [0.3, 0.4) is 0 Å². The summed E-state index contributed by atoms with van der Waals surface area (Å²) < 4.78 is 10.4. The first-order chi connectivity index (χ1) is 12.9. The van der Waals surface area contributed by atoms with Crippen LogP contribution in [0.5, 0.6) is 5.75 Å². The van der Waals surface area contributed by atoms with Crippen LogP contribution in [0.2, 0.25) is 0 Å². The van der Waals surface area contributed by atoms with Crippen molar-refractivity contribution in [2.75, 3.05) is 18.5 Å². The standard InChI is InChI=1S/C22H27NO4/c1-5-17-8-6-7-16(4)22(17)23-20(24)13-27-21(25)14-26-19-11-9-18(10-12-19)15(2)3/h6-12,15H,5,13-14H2,1-4H3,(H,23,24). The van der Waals surface area contributed by atoms with Crippen molar-refractivity contribution < 1.29 is 19.1 Å². The van der Waals surface area contributed by atoms with Gasteiger partial charge in [0.2, 0.25) is 0 Å². The number of hydrogen-bond acceptors (Lipinski definition) is 4. The zero-order valence-electron chi connectivity index (χ0n) is 16.4. The molecule has 0 aromatic heterocycles. The molecule has 0 radical (unpaired) electrons. The molecule has 144 valence electrons. The van der Waals surface area contributed by atoms with Gasteiger partial charge >= 0.3 is 5.97 Å². The minimum Gasteiger partial charge on any atom is -0.482 e. The number of carbonyl (C=O) groups excluding carboxylic acids is 2. The maximum Gasteiger partial charge on any atom is 0.344 e. The highest BCUT2D eigenvalue weighted by Gasteiger charge is 2.12. The molecule has 1 amide bonds. The third-order valence-electron chi connectivity index (χ3n) is 4.27. The van der Waals surface area contributed by atoms with Crippen LogP contribution in [0.4, 0.5) is 5.69 Å². The number of amides is 1. The molecule has 0 fully saturated rings. The van der Waals surface area contributed by atoms with E-state index in [0.717, 1.165) is 23.2 Å². The molecular weight excluding hydrogens is 342 g/mol. The van der Waals surface area contributed by atoms with Crippen LogP contribution in [-0.4, -0.2) is 25.1 Å². The molecule has 0 atom stereocenters. The summed E-state index contributed by atoms with van der Waals surface area (Å²) in [6, 6.07) is 13.4. The molecule has 0 bridgehead atoms. The first kappa shape index (κ1) is 20.5. The van der Waals surface area contributed by atoms with Gasteiger partial charge in [-0.25, -0.2) is 4.79 Å². The summed E-state index contributed by atoms with van der Waals surface area (Å²) in [6.07, 6.45) is 0.806. The Kier molecular flexibility index (Phi) is 7.41. The van der Waals surface area contributed by atoms with Gasteiger partial charge in [0.05, 0.1) is 0 Å². The fourth-order valence-electron chi connectivity index (χ4n) is 2.66. The van der Waals surface area contributed by atoms with Crippen molar-refractivity contribution in [3.05, 3.63) is 59.2 Å². The molecule has 0 aliphatic heterocycles. The van der Waals surface area contributed by atoms with Crippen molar-refractivity contribution in [3.8, 4) is 5.75 Å². The second kappa shape index (κ2) is 9.76. The van der Waals surface area contributed by atoms with E-state index in [1.54, 1.807) is 0 Å². The van der Waals surface area contributed by atoms with Crippen LogP contribution in [0.15, 0.2) is 42.5 Å². The van der Waals surface area contributed by atoms with Crippen molar-refractivity contribution in [2.45, 2.75) is 40.0 Å². The summed E-state index contributed by atoms with van der Waals surface area (Å²) in [6.45, 7) is 7.59. The fourth-order valence-corrected chi connectivity index (χ4v) is 2.66. The number of aryl methyl sites for hydroxylation is 2. The van der Waals surface area contributed by atoms with Crippen LogP contribution in [0.1, 0.15) is 43.4 Å². The average molecular weight is 369 g/mol. The molecule has 5 heteroatoms. The zero-order chi connectivity index (χ0) is 19.8. The van der Waals surface area contributed by atoms with Crippen LogP contribution in [-0.2, 0) is 20.7 Å². The summed E-state index contributed by atoms with van der Waals surface area (Å²) in [7, 11) is 0. The summed E-state index contributed by atoms with van der Waals surface area (Å²) in [4.78, 5) is 23.9. The number of hydrogen-bond donors (Lipinski definition) is 1. The smallest absolute Gasteiger partial charge is 0.344 e. The highest BCUT2D eigenvalue weighted by atomic mass is 16.6. The van der Waals surface area contributed by atoms with E-state index in [1.807, 2.05) is 56.3 Å². The molecule has 0 heterocycles. The minimum atomic E-state index is -0.585. The molecule has 5 nitrogen and oxygen atoms in total. The monoisotopic (exact) mass is 369 g/mol. The van der Waals surface area contributed by atoms with E-state index >= 15 is 0 Å². The second-order valence-corrected chi connectivity index (χ2v) is 6.68. The van der Waals surface area contributed by atoms with Gasteiger partial charge in [-0.15, -0.1) is 0 Å². The molecular formula is C22H27NO4. The number of rotatable bonds is 8. The average Bonchev–Trinajstić information content (AvgIpc) is 2.66. The van der Waals surface area contributed by atoms with Crippen LogP contribution in [0.25, 0.3) is 0 Å². The van der Waals surface area contributed by atoms with E-state index in [9.17, 15) is 9.59 Å². The predicted octanol–water partition coefficient (Wildman–Crippen LogP) is 4.24. The van der Waals surface area contributed by atoms with Crippen LogP contribution < -0.4 is 10.1 Å². The quantitative estimate of drug-likeness (QED) is 0.707. The lowest BCUT2D eigenvalue weighted by atomic mass is 10.0. The Balaban J connectivity index is 1.79. The molecule has 0 saturated carbocycles. The molecule has 0 saturated heterocycles. The molecule has 0 spiro atoms. The van der Waals surface area contributed by atoms with Gasteiger partial charge in [0.15, 0.2) is 13.2 Å². The lowest BCUT2D eigenvalue weighted by Gasteiger charge is -2.13. The highest BCUT2D eigenvalue weighted by Crippen LogP contribution is 2.21. The number of carbonyl (C=O) groups is 2. The zero-order valence-corrected chi connectivity index (χ0v) is 16.4. The number of benzene rings is 2. The van der Waals surface area contributed by atoms with Gasteiger partial charge in [-0.3, -0.25) is 4.79 Å². The van der Waals surface area contributed by atoms with E-state index in [4.69, 9.17) is 9.47 Å². The molecule has 1 N–H and O–H groups in total. The number of ether oxygens (including phenoxy) is 2. The maximum atomic E-state index is 12.1. The van der Waals surface area contributed by atoms with Crippen molar-refractivity contribution in [1.82, 2.24) is 0 Å². The third kappa shape index (κ3) is 6.13. The Labute approximate surface area is 160 Å². The van der Waals surface area contributed by atoms with Crippen molar-refractivity contribution in [2.24, 2.45) is 0 Å². The first-order valence-electron chi connectivity index (χ1n) is 9.17. The molecule has 0 aliphatic rings. The Morgan fingerprint density at radius 2 is 1.74 bits per heavy atom. The number of nitrogens with one attached hydrogen (secondary N) is 1. The highest BCUT2D eigenvalue weighted by molar-refractivity contribution is 5.94. The van der Waals surface area contributed by atoms with E-state index in [0.29, 0.717) is 11.7 Å². The van der Waals surface area contributed by atoms with E-state index in [1.165, 1.54) is 5.56 Å². The Morgan fingerprint density at radius 1 is 1.04 bits per heavy atom. The molecule has 2 aromatic carbocycles. The lowest BCUT2D eigenvalue weighted by Crippen LogP contribution is -2.24. The summed E-state index contributed by atoms with van der Waals surface area (Å²) in [5.74, 6) is 0.0736. The van der Waals surface area contributed by atoms with E-state index in [-0.39, 0.29) is 19.1 Å². The van der Waals surface area contributed by atoms with E-state index < -0.39 is 5.97 Å². The van der Waals surface area contributed by atoms with Gasteiger partial charge in [-0.2, -0.15) is 0 Å². The summed E-state index contributed by atoms with van der Waals surface area (Å²) in [5.41, 5.74) is 4.00. The molecule has 2 aromatic rings. The van der Waals surface area contributed by atoms with Crippen LogP contribution >= 0.6 is 0 Å². The molecule has 27 heavy (non-hydrogen) atoms. The molecule has 0 aliphatic carbocycles. The number of anilines is 1. The Hall–Kier alpha value is -2.82. The fraction of sp³-hybridized carbons (Fsp3) is 0.364. The van der Waals surface area contributed by atoms with Gasteiger partial charge in [-0.1, -0.05) is 51.1 Å². The summed E-state index contributed by atoms with van der Waals surface area (Å²) >= 11 is 0. The number of para-hydroxylation sites is 1. The van der Waals surface area contributed by atoms with E-state index in [2.05, 4.69) is 19.2 Å². The number of esters is 1. The van der Waals surface area contributed by atoms with Crippen molar-refractivity contribution >= 4 is 17.6 Å². The third-order valence-corrected chi connectivity index (χ3v) is 4.27. The van der Waals surface area contributed by atoms with Gasteiger partial charge in [0.25, 0.3) is 5.91 Å². The molecule has 0 unspecified atom stereocenters. The maximum absolute atomic E-state index is 12.1.